The molecular formula is C16H17NO4. The number of rotatable bonds is 7. The van der Waals surface area contributed by atoms with Crippen molar-refractivity contribution in [2.75, 3.05) is 13.2 Å². The molecule has 0 radical (unpaired) electrons. The van der Waals surface area contributed by atoms with Crippen LogP contribution in [0.2, 0.25) is 0 Å². The second-order valence-corrected chi connectivity index (χ2v) is 4.49. The Morgan fingerprint density at radius 3 is 2.86 bits per heavy atom. The van der Waals surface area contributed by atoms with Gasteiger partial charge in [0, 0.05) is 24.1 Å². The lowest BCUT2D eigenvalue weighted by Crippen LogP contribution is -2.14. The van der Waals surface area contributed by atoms with Gasteiger partial charge in [-0.05, 0) is 25.1 Å². The van der Waals surface area contributed by atoms with Crippen molar-refractivity contribution >= 4 is 22.7 Å². The third-order valence-corrected chi connectivity index (χ3v) is 2.89. The molecule has 0 aliphatic rings. The number of hydrogen-bond acceptors (Lipinski definition) is 5. The van der Waals surface area contributed by atoms with E-state index >= 15 is 0 Å². The first-order chi connectivity index (χ1) is 10.2. The van der Waals surface area contributed by atoms with Gasteiger partial charge >= 0.3 is 5.97 Å². The van der Waals surface area contributed by atoms with E-state index < -0.39 is 0 Å². The summed E-state index contributed by atoms with van der Waals surface area (Å²) in [6, 6.07) is 9.29. The minimum atomic E-state index is -0.360. The fourth-order valence-corrected chi connectivity index (χ4v) is 1.85. The molecule has 1 aromatic carbocycles. The minimum Gasteiger partial charge on any atom is -0.486 e. The van der Waals surface area contributed by atoms with Gasteiger partial charge < -0.3 is 9.47 Å². The van der Waals surface area contributed by atoms with Crippen molar-refractivity contribution < 1.29 is 19.1 Å². The number of ether oxygens (including phenoxy) is 2. The van der Waals surface area contributed by atoms with Crippen molar-refractivity contribution in [1.29, 1.82) is 0 Å². The highest BCUT2D eigenvalue weighted by Crippen LogP contribution is 2.18. The Labute approximate surface area is 122 Å². The second kappa shape index (κ2) is 7.38. The molecule has 2 aromatic rings. The van der Waals surface area contributed by atoms with Crippen molar-refractivity contribution in [3.8, 4) is 5.75 Å². The summed E-state index contributed by atoms with van der Waals surface area (Å²) in [5.41, 5.74) is 0.814. The number of fused-ring (bicyclic) bond motifs is 1. The zero-order chi connectivity index (χ0) is 15.1. The van der Waals surface area contributed by atoms with Gasteiger partial charge in [0.25, 0.3) is 0 Å². The van der Waals surface area contributed by atoms with Crippen LogP contribution in [0.3, 0.4) is 0 Å². The van der Waals surface area contributed by atoms with Crippen LogP contribution in [0.25, 0.3) is 10.9 Å². The van der Waals surface area contributed by atoms with Gasteiger partial charge in [-0.15, -0.1) is 0 Å². The maximum Gasteiger partial charge on any atom is 0.306 e. The molecule has 1 aromatic heterocycles. The van der Waals surface area contributed by atoms with E-state index in [9.17, 15) is 9.59 Å². The van der Waals surface area contributed by atoms with Crippen molar-refractivity contribution in [2.45, 2.75) is 19.8 Å². The van der Waals surface area contributed by atoms with Gasteiger partial charge in [0.05, 0.1) is 18.5 Å². The van der Waals surface area contributed by atoms with Crippen LogP contribution < -0.4 is 4.74 Å². The number of carbonyl (C=O) groups excluding carboxylic acids is 2. The fraction of sp³-hybridized carbons (Fsp3) is 0.312. The van der Waals surface area contributed by atoms with E-state index in [2.05, 4.69) is 4.98 Å². The first-order valence-corrected chi connectivity index (χ1v) is 6.84. The smallest absolute Gasteiger partial charge is 0.306 e. The molecule has 5 heteroatoms. The summed E-state index contributed by atoms with van der Waals surface area (Å²) < 4.78 is 10.2. The fourth-order valence-electron chi connectivity index (χ4n) is 1.85. The molecule has 5 nitrogen and oxygen atoms in total. The number of nitrogens with zero attached hydrogens (tertiary/aromatic N) is 1. The highest BCUT2D eigenvalue weighted by atomic mass is 16.5. The highest BCUT2D eigenvalue weighted by molar-refractivity contribution is 5.84. The molecule has 0 aliphatic carbocycles. The SMILES string of the molecule is CCOC(=O)CCC(=O)COc1ccc2cccnc2c1. The Hall–Kier alpha value is -2.43. The van der Waals surface area contributed by atoms with E-state index in [1.54, 1.807) is 25.3 Å². The number of aromatic nitrogens is 1. The van der Waals surface area contributed by atoms with Crippen LogP contribution in [0, 0.1) is 0 Å². The Morgan fingerprint density at radius 1 is 1.19 bits per heavy atom. The van der Waals surface area contributed by atoms with E-state index in [0.717, 1.165) is 10.9 Å². The van der Waals surface area contributed by atoms with E-state index in [0.29, 0.717) is 12.4 Å². The molecule has 21 heavy (non-hydrogen) atoms. The molecule has 0 N–H and O–H groups in total. The predicted octanol–water partition coefficient (Wildman–Crippen LogP) is 2.53. The average Bonchev–Trinajstić information content (AvgIpc) is 2.51. The van der Waals surface area contributed by atoms with E-state index in [-0.39, 0.29) is 31.2 Å². The minimum absolute atomic E-state index is 0.0578. The maximum atomic E-state index is 11.6. The second-order valence-electron chi connectivity index (χ2n) is 4.49. The van der Waals surface area contributed by atoms with Crippen LogP contribution in [0.4, 0.5) is 0 Å². The molecule has 0 saturated carbocycles. The highest BCUT2D eigenvalue weighted by Gasteiger charge is 2.08. The van der Waals surface area contributed by atoms with Crippen LogP contribution >= 0.6 is 0 Å². The number of esters is 1. The molecule has 0 fully saturated rings. The van der Waals surface area contributed by atoms with Gasteiger partial charge in [0.1, 0.15) is 12.4 Å². The number of carbonyl (C=O) groups is 2. The lowest BCUT2D eigenvalue weighted by atomic mass is 10.2. The summed E-state index contributed by atoms with van der Waals surface area (Å²) in [6.45, 7) is 2.00. The molecule has 0 amide bonds. The molecular weight excluding hydrogens is 270 g/mol. The van der Waals surface area contributed by atoms with Gasteiger partial charge in [-0.3, -0.25) is 14.6 Å². The molecule has 2 rings (SSSR count). The van der Waals surface area contributed by atoms with Gasteiger partial charge in [-0.2, -0.15) is 0 Å². The molecule has 0 atom stereocenters. The van der Waals surface area contributed by atoms with Gasteiger partial charge in [0.2, 0.25) is 0 Å². The molecule has 110 valence electrons. The third kappa shape index (κ3) is 4.56. The summed E-state index contributed by atoms with van der Waals surface area (Å²) in [6.07, 6.45) is 1.93. The summed E-state index contributed by atoms with van der Waals surface area (Å²) in [4.78, 5) is 27.0. The number of Topliss-reactive ketones (excluding diaryl/α,β-unsaturated/α-hetero) is 1. The van der Waals surface area contributed by atoms with Crippen LogP contribution in [0.1, 0.15) is 19.8 Å². The number of pyridine rings is 1. The predicted molar refractivity (Wildman–Crippen MR) is 78.1 cm³/mol. The zero-order valence-electron chi connectivity index (χ0n) is 11.9. The number of ketones is 1. The number of benzene rings is 1. The zero-order valence-corrected chi connectivity index (χ0v) is 11.9. The maximum absolute atomic E-state index is 11.6. The summed E-state index contributed by atoms with van der Waals surface area (Å²) >= 11 is 0. The monoisotopic (exact) mass is 287 g/mol. The van der Waals surface area contributed by atoms with Crippen molar-refractivity contribution in [3.05, 3.63) is 36.5 Å². The Morgan fingerprint density at radius 2 is 2.05 bits per heavy atom. The molecule has 0 saturated heterocycles. The average molecular weight is 287 g/mol. The third-order valence-electron chi connectivity index (χ3n) is 2.89. The Kier molecular flexibility index (Phi) is 5.26. The summed E-state index contributed by atoms with van der Waals surface area (Å²) in [7, 11) is 0. The van der Waals surface area contributed by atoms with E-state index in [1.165, 1.54) is 0 Å². The lowest BCUT2D eigenvalue weighted by molar-refractivity contribution is -0.144. The molecule has 0 unspecified atom stereocenters. The van der Waals surface area contributed by atoms with Crippen LogP contribution in [-0.2, 0) is 14.3 Å². The standard InChI is InChI=1S/C16H17NO4/c1-2-20-16(19)8-6-13(18)11-21-14-7-5-12-4-3-9-17-15(12)10-14/h3-5,7,9-10H,2,6,8,11H2,1H3. The van der Waals surface area contributed by atoms with Crippen molar-refractivity contribution in [1.82, 2.24) is 4.98 Å². The van der Waals surface area contributed by atoms with Crippen LogP contribution in [-0.4, -0.2) is 30.0 Å². The van der Waals surface area contributed by atoms with E-state index in [4.69, 9.17) is 9.47 Å². The lowest BCUT2D eigenvalue weighted by Gasteiger charge is -2.06. The van der Waals surface area contributed by atoms with E-state index in [1.807, 2.05) is 18.2 Å². The molecule has 1 heterocycles. The van der Waals surface area contributed by atoms with Crippen molar-refractivity contribution in [3.63, 3.8) is 0 Å². The topological polar surface area (TPSA) is 65.5 Å². The number of hydrogen-bond donors (Lipinski definition) is 0. The molecule has 0 bridgehead atoms. The summed E-state index contributed by atoms with van der Waals surface area (Å²) in [5.74, 6) is 0.0932. The largest absolute Gasteiger partial charge is 0.486 e. The van der Waals surface area contributed by atoms with Crippen LogP contribution in [0.15, 0.2) is 36.5 Å². The first-order valence-electron chi connectivity index (χ1n) is 6.84. The Balaban J connectivity index is 1.83. The van der Waals surface area contributed by atoms with Crippen LogP contribution in [0.5, 0.6) is 5.75 Å². The Bertz CT molecular complexity index is 639. The first kappa shape index (κ1) is 15.0. The van der Waals surface area contributed by atoms with Gasteiger partial charge in [0.15, 0.2) is 5.78 Å². The molecule has 0 spiro atoms. The summed E-state index contributed by atoms with van der Waals surface area (Å²) in [5, 5.41) is 1.01. The van der Waals surface area contributed by atoms with Crippen molar-refractivity contribution in [2.24, 2.45) is 0 Å². The van der Waals surface area contributed by atoms with Gasteiger partial charge in [-0.25, -0.2) is 0 Å². The quantitative estimate of drug-likeness (QED) is 0.732. The van der Waals surface area contributed by atoms with Gasteiger partial charge in [-0.1, -0.05) is 6.07 Å². The molecule has 0 aliphatic heterocycles. The normalized spacial score (nSPS) is 10.3.